The fourth-order valence-electron chi connectivity index (χ4n) is 4.87. The van der Waals surface area contributed by atoms with E-state index < -0.39 is 0 Å². The average molecular weight is 313 g/mol. The summed E-state index contributed by atoms with van der Waals surface area (Å²) in [5.41, 5.74) is 1.25. The van der Waals surface area contributed by atoms with Crippen molar-refractivity contribution >= 4 is 0 Å². The molecule has 0 radical (unpaired) electrons. The van der Waals surface area contributed by atoms with Crippen LogP contribution in [0.15, 0.2) is 18.2 Å². The van der Waals surface area contributed by atoms with Gasteiger partial charge in [-0.2, -0.15) is 5.26 Å². The van der Waals surface area contributed by atoms with Gasteiger partial charge in [-0.15, -0.1) is 0 Å². The Bertz CT molecular complexity index is 558. The van der Waals surface area contributed by atoms with E-state index in [0.717, 1.165) is 23.3 Å². The van der Waals surface area contributed by atoms with Crippen LogP contribution in [0.4, 0.5) is 4.39 Å². The Kier molecular flexibility index (Phi) is 5.36. The number of halogens is 1. The van der Waals surface area contributed by atoms with E-state index in [1.54, 1.807) is 12.1 Å². The van der Waals surface area contributed by atoms with Crippen LogP contribution in [-0.2, 0) is 0 Å². The molecular weight excluding hydrogens is 285 g/mol. The molecule has 0 N–H and O–H groups in total. The van der Waals surface area contributed by atoms with Gasteiger partial charge in [0.15, 0.2) is 0 Å². The lowest BCUT2D eigenvalue weighted by molar-refractivity contribution is 0.158. The van der Waals surface area contributed by atoms with Crippen molar-refractivity contribution in [3.63, 3.8) is 0 Å². The minimum absolute atomic E-state index is 0.162. The van der Waals surface area contributed by atoms with Gasteiger partial charge >= 0.3 is 0 Å². The van der Waals surface area contributed by atoms with Gasteiger partial charge in [-0.1, -0.05) is 32.3 Å². The predicted octanol–water partition coefficient (Wildman–Crippen LogP) is 6.19. The van der Waals surface area contributed by atoms with Crippen molar-refractivity contribution in [1.29, 1.82) is 5.26 Å². The Morgan fingerprint density at radius 3 is 2.13 bits per heavy atom. The summed E-state index contributed by atoms with van der Waals surface area (Å²) in [5.74, 6) is 2.94. The monoisotopic (exact) mass is 313 g/mol. The Hall–Kier alpha value is -1.36. The second-order valence-electron chi connectivity index (χ2n) is 7.65. The van der Waals surface area contributed by atoms with Crippen molar-refractivity contribution in [3.05, 3.63) is 35.1 Å². The molecule has 0 aromatic heterocycles. The number of nitriles is 1. The molecule has 0 amide bonds. The van der Waals surface area contributed by atoms with E-state index in [2.05, 4.69) is 6.92 Å². The Morgan fingerprint density at radius 2 is 1.61 bits per heavy atom. The van der Waals surface area contributed by atoms with Gasteiger partial charge in [-0.3, -0.25) is 0 Å². The highest BCUT2D eigenvalue weighted by Crippen LogP contribution is 2.44. The van der Waals surface area contributed by atoms with E-state index in [0.29, 0.717) is 5.92 Å². The van der Waals surface area contributed by atoms with E-state index in [4.69, 9.17) is 5.26 Å². The number of hydrogen-bond donors (Lipinski definition) is 0. The number of hydrogen-bond acceptors (Lipinski definition) is 1. The molecule has 1 aromatic carbocycles. The zero-order valence-electron chi connectivity index (χ0n) is 14.2. The van der Waals surface area contributed by atoms with Crippen LogP contribution < -0.4 is 0 Å². The van der Waals surface area contributed by atoms with Crippen LogP contribution in [0, 0.1) is 34.9 Å². The molecule has 2 saturated carbocycles. The maximum absolute atomic E-state index is 13.8. The summed E-state index contributed by atoms with van der Waals surface area (Å²) in [6, 6.07) is 7.10. The topological polar surface area (TPSA) is 23.8 Å². The van der Waals surface area contributed by atoms with Gasteiger partial charge in [-0.25, -0.2) is 4.39 Å². The molecule has 1 nitrogen and oxygen atoms in total. The van der Waals surface area contributed by atoms with Crippen LogP contribution >= 0.6 is 0 Å². The van der Waals surface area contributed by atoms with Gasteiger partial charge < -0.3 is 0 Å². The Morgan fingerprint density at radius 1 is 1.00 bits per heavy atom. The molecule has 0 heterocycles. The summed E-state index contributed by atoms with van der Waals surface area (Å²) in [6.45, 7) is 2.33. The largest absolute Gasteiger partial charge is 0.206 e. The van der Waals surface area contributed by atoms with E-state index in [9.17, 15) is 4.39 Å². The van der Waals surface area contributed by atoms with Crippen molar-refractivity contribution < 1.29 is 4.39 Å². The SMILES string of the molecule is CC[C@H]1CC[C@H](C2CCC(c3ccc(C#N)c(F)c3)CC2)CC1. The molecule has 23 heavy (non-hydrogen) atoms. The van der Waals surface area contributed by atoms with Crippen molar-refractivity contribution in [2.24, 2.45) is 17.8 Å². The first-order chi connectivity index (χ1) is 11.2. The van der Waals surface area contributed by atoms with Crippen LogP contribution in [0.3, 0.4) is 0 Å². The minimum atomic E-state index is -0.356. The first-order valence-corrected chi connectivity index (χ1v) is 9.40. The van der Waals surface area contributed by atoms with Gasteiger partial charge in [-0.05, 0) is 79.9 Å². The van der Waals surface area contributed by atoms with Gasteiger partial charge in [0.1, 0.15) is 11.9 Å². The number of benzene rings is 1. The Labute approximate surface area is 139 Å². The third kappa shape index (κ3) is 3.77. The van der Waals surface area contributed by atoms with E-state index in [1.165, 1.54) is 57.8 Å². The molecule has 2 heteroatoms. The standard InChI is InChI=1S/C21H28FN/c1-2-15-3-5-16(6-4-15)17-7-9-18(10-8-17)19-11-12-20(14-23)21(22)13-19/h11-13,15-18H,2-10H2,1H3/t15-,16-,17?,18?. The lowest BCUT2D eigenvalue weighted by Crippen LogP contribution is -2.25. The Balaban J connectivity index is 1.54. The second-order valence-corrected chi connectivity index (χ2v) is 7.65. The second kappa shape index (κ2) is 7.47. The van der Waals surface area contributed by atoms with Gasteiger partial charge in [0, 0.05) is 0 Å². The summed E-state index contributed by atoms with van der Waals surface area (Å²) >= 11 is 0. The predicted molar refractivity (Wildman–Crippen MR) is 91.6 cm³/mol. The number of rotatable bonds is 3. The zero-order chi connectivity index (χ0) is 16.2. The maximum atomic E-state index is 13.8. The molecule has 2 fully saturated rings. The summed E-state index contributed by atoms with van der Waals surface area (Å²) in [4.78, 5) is 0. The summed E-state index contributed by atoms with van der Waals surface area (Å²) in [7, 11) is 0. The van der Waals surface area contributed by atoms with E-state index in [1.807, 2.05) is 12.1 Å². The van der Waals surface area contributed by atoms with Gasteiger partial charge in [0.05, 0.1) is 5.56 Å². The first kappa shape index (κ1) is 16.5. The first-order valence-electron chi connectivity index (χ1n) is 9.40. The molecule has 0 atom stereocenters. The summed E-state index contributed by atoms with van der Waals surface area (Å²) < 4.78 is 13.8. The summed E-state index contributed by atoms with van der Waals surface area (Å²) in [6.07, 6.45) is 12.0. The lowest BCUT2D eigenvalue weighted by atomic mass is 9.68. The molecule has 1 aromatic rings. The van der Waals surface area contributed by atoms with Crippen molar-refractivity contribution in [2.75, 3.05) is 0 Å². The third-order valence-electron chi connectivity index (χ3n) is 6.49. The molecule has 0 bridgehead atoms. The highest BCUT2D eigenvalue weighted by Gasteiger charge is 2.31. The van der Waals surface area contributed by atoms with E-state index in [-0.39, 0.29) is 11.4 Å². The number of nitrogens with zero attached hydrogens (tertiary/aromatic N) is 1. The fraction of sp³-hybridized carbons (Fsp3) is 0.667. The van der Waals surface area contributed by atoms with Crippen LogP contribution in [-0.4, -0.2) is 0 Å². The van der Waals surface area contributed by atoms with Crippen LogP contribution in [0.1, 0.15) is 81.8 Å². The molecule has 0 spiro atoms. The summed E-state index contributed by atoms with van der Waals surface area (Å²) in [5, 5.41) is 8.85. The quantitative estimate of drug-likeness (QED) is 0.653. The van der Waals surface area contributed by atoms with Gasteiger partial charge in [0.2, 0.25) is 0 Å². The maximum Gasteiger partial charge on any atom is 0.141 e. The molecular formula is C21H28FN. The molecule has 124 valence electrons. The molecule has 0 aliphatic heterocycles. The normalized spacial score (nSPS) is 31.5. The van der Waals surface area contributed by atoms with Crippen LogP contribution in [0.5, 0.6) is 0 Å². The highest BCUT2D eigenvalue weighted by atomic mass is 19.1. The molecule has 2 aliphatic rings. The lowest BCUT2D eigenvalue weighted by Gasteiger charge is -2.38. The zero-order valence-corrected chi connectivity index (χ0v) is 14.2. The molecule has 2 aliphatic carbocycles. The van der Waals surface area contributed by atoms with Crippen LogP contribution in [0.2, 0.25) is 0 Å². The van der Waals surface area contributed by atoms with Crippen LogP contribution in [0.25, 0.3) is 0 Å². The smallest absolute Gasteiger partial charge is 0.141 e. The molecule has 0 unspecified atom stereocenters. The van der Waals surface area contributed by atoms with Crippen molar-refractivity contribution in [3.8, 4) is 6.07 Å². The molecule has 0 saturated heterocycles. The minimum Gasteiger partial charge on any atom is -0.206 e. The van der Waals surface area contributed by atoms with Crippen molar-refractivity contribution in [1.82, 2.24) is 0 Å². The average Bonchev–Trinajstić information content (AvgIpc) is 2.62. The molecule has 3 rings (SSSR count). The van der Waals surface area contributed by atoms with Crippen molar-refractivity contribution in [2.45, 2.75) is 70.6 Å². The highest BCUT2D eigenvalue weighted by molar-refractivity contribution is 5.34. The van der Waals surface area contributed by atoms with Gasteiger partial charge in [0.25, 0.3) is 0 Å². The third-order valence-corrected chi connectivity index (χ3v) is 6.49. The van der Waals surface area contributed by atoms with E-state index >= 15 is 0 Å². The fourth-order valence-corrected chi connectivity index (χ4v) is 4.87.